The number of carboxylic acids is 2. The van der Waals surface area contributed by atoms with Crippen LogP contribution in [0.15, 0.2) is 24.3 Å². The highest BCUT2D eigenvalue weighted by Gasteiger charge is 2.58. The fourth-order valence-corrected chi connectivity index (χ4v) is 3.91. The van der Waals surface area contributed by atoms with Crippen LogP contribution < -0.4 is 5.73 Å². The SMILES string of the molecule is N[C@@](CC1CCCc2ccccc21)(C(=O)O)C1C[C@@H]1C(=O)O. The summed E-state index contributed by atoms with van der Waals surface area (Å²) < 4.78 is 0. The molecule has 0 bridgehead atoms. The van der Waals surface area contributed by atoms with Gasteiger partial charge in [0, 0.05) is 5.92 Å². The van der Waals surface area contributed by atoms with Crippen LogP contribution in [0.25, 0.3) is 0 Å². The summed E-state index contributed by atoms with van der Waals surface area (Å²) in [4.78, 5) is 22.8. The van der Waals surface area contributed by atoms with E-state index in [2.05, 4.69) is 6.07 Å². The van der Waals surface area contributed by atoms with Crippen molar-refractivity contribution in [2.75, 3.05) is 0 Å². The van der Waals surface area contributed by atoms with Crippen molar-refractivity contribution in [1.82, 2.24) is 0 Å². The molecule has 0 saturated heterocycles. The standard InChI is InChI=1S/C17H21NO4/c18-17(16(21)22,14-8-13(14)15(19)20)9-11-6-3-5-10-4-1-2-7-12(10)11/h1-2,4,7,11,13-14H,3,5-6,8-9,18H2,(H,19,20)(H,21,22)/t11?,13-,14?,17+/m0/s1. The summed E-state index contributed by atoms with van der Waals surface area (Å²) in [5.41, 5.74) is 7.19. The molecule has 0 aliphatic heterocycles. The minimum atomic E-state index is -1.45. The fraction of sp³-hybridized carbons (Fsp3) is 0.529. The first-order valence-corrected chi connectivity index (χ1v) is 7.76. The Morgan fingerprint density at radius 1 is 1.27 bits per heavy atom. The first-order valence-electron chi connectivity index (χ1n) is 7.76. The molecule has 5 nitrogen and oxygen atoms in total. The summed E-state index contributed by atoms with van der Waals surface area (Å²) in [7, 11) is 0. The van der Waals surface area contributed by atoms with Gasteiger partial charge in [-0.05, 0) is 49.1 Å². The number of aliphatic carboxylic acids is 2. The van der Waals surface area contributed by atoms with Gasteiger partial charge >= 0.3 is 11.9 Å². The largest absolute Gasteiger partial charge is 0.481 e. The predicted molar refractivity (Wildman–Crippen MR) is 80.5 cm³/mol. The minimum absolute atomic E-state index is 0.0982. The fourth-order valence-electron chi connectivity index (χ4n) is 3.91. The number of rotatable bonds is 5. The van der Waals surface area contributed by atoms with Crippen LogP contribution in [0.1, 0.15) is 42.7 Å². The molecule has 2 aliphatic rings. The first-order chi connectivity index (χ1) is 10.4. The average molecular weight is 303 g/mol. The molecule has 5 heteroatoms. The minimum Gasteiger partial charge on any atom is -0.481 e. The Balaban J connectivity index is 1.84. The monoisotopic (exact) mass is 303 g/mol. The van der Waals surface area contributed by atoms with Crippen molar-refractivity contribution in [2.24, 2.45) is 17.6 Å². The average Bonchev–Trinajstić information content (AvgIpc) is 3.28. The van der Waals surface area contributed by atoms with Gasteiger partial charge in [-0.25, -0.2) is 0 Å². The van der Waals surface area contributed by atoms with Crippen molar-refractivity contribution in [3.05, 3.63) is 35.4 Å². The Bertz CT molecular complexity index is 614. The van der Waals surface area contributed by atoms with Crippen LogP contribution in [-0.2, 0) is 16.0 Å². The van der Waals surface area contributed by atoms with E-state index in [0.29, 0.717) is 12.8 Å². The van der Waals surface area contributed by atoms with E-state index in [1.807, 2.05) is 18.2 Å². The Morgan fingerprint density at radius 3 is 2.64 bits per heavy atom. The molecular formula is C17H21NO4. The highest BCUT2D eigenvalue weighted by Crippen LogP contribution is 2.50. The molecule has 1 saturated carbocycles. The normalized spacial score (nSPS) is 29.2. The van der Waals surface area contributed by atoms with Gasteiger partial charge < -0.3 is 15.9 Å². The molecule has 4 atom stereocenters. The van der Waals surface area contributed by atoms with Gasteiger partial charge in [-0.2, -0.15) is 0 Å². The molecule has 0 amide bonds. The highest BCUT2D eigenvalue weighted by molar-refractivity contribution is 5.83. The number of fused-ring (bicyclic) bond motifs is 1. The van der Waals surface area contributed by atoms with Crippen LogP contribution in [0, 0.1) is 11.8 Å². The van der Waals surface area contributed by atoms with Crippen LogP contribution in [0.4, 0.5) is 0 Å². The van der Waals surface area contributed by atoms with Crippen molar-refractivity contribution >= 4 is 11.9 Å². The van der Waals surface area contributed by atoms with E-state index in [0.717, 1.165) is 19.3 Å². The highest BCUT2D eigenvalue weighted by atomic mass is 16.4. The van der Waals surface area contributed by atoms with Crippen molar-refractivity contribution in [1.29, 1.82) is 0 Å². The molecule has 4 N–H and O–H groups in total. The number of carbonyl (C=O) groups is 2. The molecular weight excluding hydrogens is 282 g/mol. The van der Waals surface area contributed by atoms with Crippen molar-refractivity contribution in [3.63, 3.8) is 0 Å². The molecule has 1 fully saturated rings. The Morgan fingerprint density at radius 2 is 2.00 bits per heavy atom. The number of benzene rings is 1. The molecule has 22 heavy (non-hydrogen) atoms. The van der Waals surface area contributed by atoms with Gasteiger partial charge in [0.1, 0.15) is 5.54 Å². The smallest absolute Gasteiger partial charge is 0.324 e. The van der Waals surface area contributed by atoms with Crippen molar-refractivity contribution in [3.8, 4) is 0 Å². The summed E-state index contributed by atoms with van der Waals surface area (Å²) in [6.45, 7) is 0. The summed E-state index contributed by atoms with van der Waals surface area (Å²) in [6, 6.07) is 8.09. The summed E-state index contributed by atoms with van der Waals surface area (Å²) >= 11 is 0. The van der Waals surface area contributed by atoms with Crippen molar-refractivity contribution < 1.29 is 19.8 Å². The third kappa shape index (κ3) is 2.50. The van der Waals surface area contributed by atoms with Crippen LogP contribution in [0.2, 0.25) is 0 Å². The second-order valence-corrected chi connectivity index (χ2v) is 6.62. The molecule has 2 aliphatic carbocycles. The number of carboxylic acid groups (broad SMARTS) is 2. The lowest BCUT2D eigenvalue weighted by atomic mass is 9.74. The molecule has 118 valence electrons. The van der Waals surface area contributed by atoms with E-state index in [1.54, 1.807) is 0 Å². The van der Waals surface area contributed by atoms with E-state index in [-0.39, 0.29) is 5.92 Å². The molecule has 0 heterocycles. The van der Waals surface area contributed by atoms with E-state index in [9.17, 15) is 14.7 Å². The van der Waals surface area contributed by atoms with Crippen molar-refractivity contribution in [2.45, 2.75) is 43.6 Å². The Kier molecular flexibility index (Phi) is 3.68. The van der Waals surface area contributed by atoms with Crippen LogP contribution >= 0.6 is 0 Å². The molecule has 3 rings (SSSR count). The molecule has 2 unspecified atom stereocenters. The molecule has 0 spiro atoms. The zero-order valence-corrected chi connectivity index (χ0v) is 12.4. The lowest BCUT2D eigenvalue weighted by Gasteiger charge is -2.33. The van der Waals surface area contributed by atoms with Crippen LogP contribution in [-0.4, -0.2) is 27.7 Å². The molecule has 0 aromatic heterocycles. The molecule has 1 aromatic rings. The second kappa shape index (κ2) is 5.39. The van der Waals surface area contributed by atoms with Gasteiger partial charge in [-0.3, -0.25) is 9.59 Å². The number of aryl methyl sites for hydroxylation is 1. The van der Waals surface area contributed by atoms with Gasteiger partial charge in [-0.15, -0.1) is 0 Å². The zero-order chi connectivity index (χ0) is 15.9. The van der Waals surface area contributed by atoms with Crippen LogP contribution in [0.5, 0.6) is 0 Å². The third-order valence-electron chi connectivity index (χ3n) is 5.25. The van der Waals surface area contributed by atoms with Gasteiger partial charge in [0.2, 0.25) is 0 Å². The second-order valence-electron chi connectivity index (χ2n) is 6.62. The summed E-state index contributed by atoms with van der Waals surface area (Å²) in [5, 5.41) is 18.7. The maximum Gasteiger partial charge on any atom is 0.324 e. The maximum atomic E-state index is 11.7. The topological polar surface area (TPSA) is 101 Å². The van der Waals surface area contributed by atoms with Crippen LogP contribution in [0.3, 0.4) is 0 Å². The van der Waals surface area contributed by atoms with Gasteiger partial charge in [0.25, 0.3) is 0 Å². The Labute approximate surface area is 129 Å². The lowest BCUT2D eigenvalue weighted by molar-refractivity contribution is -0.145. The van der Waals surface area contributed by atoms with E-state index in [4.69, 9.17) is 10.8 Å². The predicted octanol–water partition coefficient (Wildman–Crippen LogP) is 2.00. The Hall–Kier alpha value is -1.88. The molecule has 0 radical (unpaired) electrons. The molecule has 1 aromatic carbocycles. The quantitative estimate of drug-likeness (QED) is 0.772. The van der Waals surface area contributed by atoms with E-state index >= 15 is 0 Å². The third-order valence-corrected chi connectivity index (χ3v) is 5.25. The summed E-state index contributed by atoms with van der Waals surface area (Å²) in [6.07, 6.45) is 3.62. The van der Waals surface area contributed by atoms with Gasteiger partial charge in [-0.1, -0.05) is 24.3 Å². The van der Waals surface area contributed by atoms with Gasteiger partial charge in [0.15, 0.2) is 0 Å². The van der Waals surface area contributed by atoms with Gasteiger partial charge in [0.05, 0.1) is 5.92 Å². The lowest BCUT2D eigenvalue weighted by Crippen LogP contribution is -2.52. The first kappa shape index (κ1) is 15.0. The summed E-state index contributed by atoms with van der Waals surface area (Å²) in [5.74, 6) is -2.99. The van der Waals surface area contributed by atoms with E-state index in [1.165, 1.54) is 11.1 Å². The zero-order valence-electron chi connectivity index (χ0n) is 12.4. The number of hydrogen-bond acceptors (Lipinski definition) is 3. The maximum absolute atomic E-state index is 11.7. The van der Waals surface area contributed by atoms with E-state index < -0.39 is 29.3 Å². The number of hydrogen-bond donors (Lipinski definition) is 3. The number of nitrogens with two attached hydrogens (primary N) is 1.